The van der Waals surface area contributed by atoms with E-state index in [0.29, 0.717) is 18.1 Å². The van der Waals surface area contributed by atoms with Gasteiger partial charge < -0.3 is 9.47 Å². The molecule has 0 aliphatic rings. The number of benzene rings is 1. The Kier molecular flexibility index (Phi) is 7.59. The van der Waals surface area contributed by atoms with Gasteiger partial charge in [0.2, 0.25) is 0 Å². The molecule has 0 radical (unpaired) electrons. The Morgan fingerprint density at radius 1 is 1.19 bits per heavy atom. The number of ether oxygens (including phenoxy) is 2. The van der Waals surface area contributed by atoms with Gasteiger partial charge >= 0.3 is 5.97 Å². The maximum absolute atomic E-state index is 11.3. The number of carbonyl (C=O) groups is 1. The van der Waals surface area contributed by atoms with Crippen LogP contribution in [0, 0.1) is 5.92 Å². The Balaban J connectivity index is 2.29. The molecule has 21 heavy (non-hydrogen) atoms. The predicted molar refractivity (Wildman–Crippen MR) is 85.7 cm³/mol. The quantitative estimate of drug-likeness (QED) is 0.517. The monoisotopic (exact) mass is 290 g/mol. The number of hydrogen-bond donors (Lipinski definition) is 0. The largest absolute Gasteiger partial charge is 0.494 e. The summed E-state index contributed by atoms with van der Waals surface area (Å²) in [7, 11) is 1.38. The Bertz CT molecular complexity index is 456. The molecule has 0 bridgehead atoms. The molecule has 0 N–H and O–H groups in total. The van der Waals surface area contributed by atoms with Crippen LogP contribution in [0.5, 0.6) is 5.75 Å². The highest BCUT2D eigenvalue weighted by Gasteiger charge is 2.05. The van der Waals surface area contributed by atoms with Crippen molar-refractivity contribution in [2.75, 3.05) is 13.7 Å². The lowest BCUT2D eigenvalue weighted by Crippen LogP contribution is -2.05. The van der Waals surface area contributed by atoms with Crippen LogP contribution < -0.4 is 4.74 Å². The van der Waals surface area contributed by atoms with Crippen LogP contribution in [0.1, 0.15) is 50.4 Å². The molecule has 1 unspecified atom stereocenters. The Morgan fingerprint density at radius 3 is 2.43 bits per heavy atom. The minimum atomic E-state index is -0.325. The number of hydrogen-bond acceptors (Lipinski definition) is 3. The van der Waals surface area contributed by atoms with Gasteiger partial charge in [-0.25, -0.2) is 4.79 Å². The van der Waals surface area contributed by atoms with Crippen LogP contribution in [-0.2, 0) is 4.74 Å². The lowest BCUT2D eigenvalue weighted by atomic mass is 10.0. The van der Waals surface area contributed by atoms with Gasteiger partial charge in [-0.2, -0.15) is 0 Å². The van der Waals surface area contributed by atoms with Crippen molar-refractivity contribution in [3.05, 3.63) is 41.5 Å². The maximum atomic E-state index is 11.3. The number of methoxy groups -OCH3 is 1. The highest BCUT2D eigenvalue weighted by Crippen LogP contribution is 2.16. The fourth-order valence-electron chi connectivity index (χ4n) is 1.98. The minimum absolute atomic E-state index is 0.325. The first-order chi connectivity index (χ1) is 10.0. The van der Waals surface area contributed by atoms with Crippen molar-refractivity contribution in [2.45, 2.75) is 40.0 Å². The summed E-state index contributed by atoms with van der Waals surface area (Å²) in [5, 5.41) is 0. The molecule has 0 saturated heterocycles. The van der Waals surface area contributed by atoms with Crippen LogP contribution >= 0.6 is 0 Å². The molecule has 0 amide bonds. The minimum Gasteiger partial charge on any atom is -0.494 e. The van der Waals surface area contributed by atoms with Gasteiger partial charge in [-0.05, 0) is 63.3 Å². The van der Waals surface area contributed by atoms with Gasteiger partial charge in [-0.3, -0.25) is 0 Å². The first-order valence-electron chi connectivity index (χ1n) is 7.47. The van der Waals surface area contributed by atoms with E-state index in [9.17, 15) is 4.79 Å². The third kappa shape index (κ3) is 6.98. The van der Waals surface area contributed by atoms with E-state index < -0.39 is 0 Å². The van der Waals surface area contributed by atoms with Crippen LogP contribution in [0.3, 0.4) is 0 Å². The second kappa shape index (κ2) is 9.22. The van der Waals surface area contributed by atoms with Crippen LogP contribution in [-0.4, -0.2) is 19.7 Å². The lowest BCUT2D eigenvalue weighted by molar-refractivity contribution is 0.0600. The van der Waals surface area contributed by atoms with E-state index in [-0.39, 0.29) is 5.97 Å². The zero-order valence-electron chi connectivity index (χ0n) is 13.5. The standard InChI is InChI=1S/C18H26O3/c1-14(2)6-5-7-15(3)12-13-21-17-10-8-16(9-11-17)18(19)20-4/h6,8-11,15H,5,7,12-13H2,1-4H3. The summed E-state index contributed by atoms with van der Waals surface area (Å²) in [4.78, 5) is 11.3. The van der Waals surface area contributed by atoms with Crippen molar-refractivity contribution in [3.63, 3.8) is 0 Å². The number of allylic oxidation sites excluding steroid dienone is 2. The summed E-state index contributed by atoms with van der Waals surface area (Å²) in [6.07, 6.45) is 5.64. The van der Waals surface area contributed by atoms with Crippen molar-refractivity contribution < 1.29 is 14.3 Å². The average Bonchev–Trinajstić information content (AvgIpc) is 2.46. The summed E-state index contributed by atoms with van der Waals surface area (Å²) < 4.78 is 10.4. The first kappa shape index (κ1) is 17.3. The molecule has 0 fully saturated rings. The summed E-state index contributed by atoms with van der Waals surface area (Å²) >= 11 is 0. The summed E-state index contributed by atoms with van der Waals surface area (Å²) in [6.45, 7) is 7.22. The summed E-state index contributed by atoms with van der Waals surface area (Å²) in [6, 6.07) is 7.05. The molecular weight excluding hydrogens is 264 g/mol. The Labute approximate surface area is 128 Å². The number of rotatable bonds is 8. The van der Waals surface area contributed by atoms with Crippen molar-refractivity contribution in [2.24, 2.45) is 5.92 Å². The third-order valence-corrected chi connectivity index (χ3v) is 3.37. The van der Waals surface area contributed by atoms with E-state index >= 15 is 0 Å². The average molecular weight is 290 g/mol. The van der Waals surface area contributed by atoms with Gasteiger partial charge in [0.05, 0.1) is 19.3 Å². The van der Waals surface area contributed by atoms with Gasteiger partial charge in [0.1, 0.15) is 5.75 Å². The molecule has 0 spiro atoms. The molecule has 3 nitrogen and oxygen atoms in total. The maximum Gasteiger partial charge on any atom is 0.337 e. The van der Waals surface area contributed by atoms with Crippen LogP contribution in [0.4, 0.5) is 0 Å². The number of esters is 1. The molecule has 0 aliphatic heterocycles. The van der Waals surface area contributed by atoms with E-state index in [1.807, 2.05) is 0 Å². The molecule has 1 aromatic rings. The van der Waals surface area contributed by atoms with Crippen molar-refractivity contribution in [1.29, 1.82) is 0 Å². The van der Waals surface area contributed by atoms with Gasteiger partial charge in [0.15, 0.2) is 0 Å². The summed E-state index contributed by atoms with van der Waals surface area (Å²) in [5.74, 6) is 1.11. The Hall–Kier alpha value is -1.77. The van der Waals surface area contributed by atoms with Gasteiger partial charge in [0, 0.05) is 0 Å². The molecule has 1 rings (SSSR count). The highest BCUT2D eigenvalue weighted by atomic mass is 16.5. The fourth-order valence-corrected chi connectivity index (χ4v) is 1.98. The SMILES string of the molecule is COC(=O)c1ccc(OCCC(C)CCC=C(C)C)cc1. The van der Waals surface area contributed by atoms with E-state index in [2.05, 4.69) is 31.6 Å². The normalized spacial score (nSPS) is 11.6. The first-order valence-corrected chi connectivity index (χ1v) is 7.47. The molecule has 1 atom stereocenters. The zero-order chi connectivity index (χ0) is 15.7. The van der Waals surface area contributed by atoms with Crippen molar-refractivity contribution in [1.82, 2.24) is 0 Å². The molecule has 3 heteroatoms. The topological polar surface area (TPSA) is 35.5 Å². The van der Waals surface area contributed by atoms with E-state index in [4.69, 9.17) is 4.74 Å². The second-order valence-electron chi connectivity index (χ2n) is 5.62. The summed E-state index contributed by atoms with van der Waals surface area (Å²) in [5.41, 5.74) is 1.92. The van der Waals surface area contributed by atoms with Crippen LogP contribution in [0.2, 0.25) is 0 Å². The van der Waals surface area contributed by atoms with Gasteiger partial charge in [0.25, 0.3) is 0 Å². The lowest BCUT2D eigenvalue weighted by Gasteiger charge is -2.11. The predicted octanol–water partition coefficient (Wildman–Crippen LogP) is 4.62. The molecule has 0 aromatic heterocycles. The molecular formula is C18H26O3. The number of carbonyl (C=O) groups excluding carboxylic acids is 1. The Morgan fingerprint density at radius 2 is 1.86 bits per heavy atom. The zero-order valence-corrected chi connectivity index (χ0v) is 13.5. The molecule has 0 heterocycles. The van der Waals surface area contributed by atoms with E-state index in [1.54, 1.807) is 24.3 Å². The highest BCUT2D eigenvalue weighted by molar-refractivity contribution is 5.89. The van der Waals surface area contributed by atoms with Crippen LogP contribution in [0.15, 0.2) is 35.9 Å². The van der Waals surface area contributed by atoms with Gasteiger partial charge in [-0.1, -0.05) is 18.6 Å². The fraction of sp³-hybridized carbons (Fsp3) is 0.500. The van der Waals surface area contributed by atoms with E-state index in [1.165, 1.54) is 19.1 Å². The third-order valence-electron chi connectivity index (χ3n) is 3.37. The smallest absolute Gasteiger partial charge is 0.337 e. The van der Waals surface area contributed by atoms with Gasteiger partial charge in [-0.15, -0.1) is 0 Å². The van der Waals surface area contributed by atoms with Crippen molar-refractivity contribution in [3.8, 4) is 5.75 Å². The molecule has 116 valence electrons. The van der Waals surface area contributed by atoms with Crippen molar-refractivity contribution >= 4 is 5.97 Å². The van der Waals surface area contributed by atoms with Crippen LogP contribution in [0.25, 0.3) is 0 Å². The molecule has 0 saturated carbocycles. The molecule has 0 aliphatic carbocycles. The second-order valence-corrected chi connectivity index (χ2v) is 5.62. The van der Waals surface area contributed by atoms with E-state index in [0.717, 1.165) is 18.6 Å². The molecule has 1 aromatic carbocycles.